The molecule has 0 spiro atoms. The van der Waals surface area contributed by atoms with Crippen LogP contribution >= 0.6 is 0 Å². The predicted octanol–water partition coefficient (Wildman–Crippen LogP) is 0.112. The van der Waals surface area contributed by atoms with E-state index >= 15 is 0 Å². The summed E-state index contributed by atoms with van der Waals surface area (Å²) in [5.74, 6) is -0.256. The highest BCUT2D eigenvalue weighted by atomic mass is 16.3. The van der Waals surface area contributed by atoms with Gasteiger partial charge in [-0.15, -0.1) is 0 Å². The first kappa shape index (κ1) is 9.67. The second kappa shape index (κ2) is 4.57. The summed E-state index contributed by atoms with van der Waals surface area (Å²) in [6.07, 6.45) is 1.63. The number of hydrogen-bond donors (Lipinski definition) is 2. The number of aliphatic hydroxyl groups excluding tert-OH is 1. The maximum absolute atomic E-state index is 11.2. The first-order valence-electron chi connectivity index (χ1n) is 4.06. The van der Waals surface area contributed by atoms with Crippen LogP contribution in [-0.2, 0) is 0 Å². The van der Waals surface area contributed by atoms with Gasteiger partial charge in [-0.05, 0) is 18.6 Å². The van der Waals surface area contributed by atoms with Crippen LogP contribution in [0.3, 0.4) is 0 Å². The van der Waals surface area contributed by atoms with E-state index < -0.39 is 0 Å². The summed E-state index contributed by atoms with van der Waals surface area (Å²) in [6, 6.07) is 3.48. The molecule has 0 aliphatic rings. The Hall–Kier alpha value is -1.42. The number of nitrogens with zero attached hydrogens (tertiary/aromatic N) is 1. The molecule has 0 bridgehead atoms. The van der Waals surface area contributed by atoms with Gasteiger partial charge in [-0.3, -0.25) is 9.78 Å². The molecule has 0 unspecified atom stereocenters. The molecule has 4 heteroatoms. The average Bonchev–Trinajstić information content (AvgIpc) is 2.15. The van der Waals surface area contributed by atoms with Crippen molar-refractivity contribution in [2.24, 2.45) is 0 Å². The van der Waals surface area contributed by atoms with Crippen LogP contribution in [0.1, 0.15) is 16.1 Å². The number of nitrogens with one attached hydrogen (secondary N) is 1. The quantitative estimate of drug-likeness (QED) is 0.694. The van der Waals surface area contributed by atoms with Gasteiger partial charge in [0.05, 0.1) is 6.61 Å². The van der Waals surface area contributed by atoms with E-state index in [4.69, 9.17) is 5.11 Å². The molecule has 1 amide bonds. The summed E-state index contributed by atoms with van der Waals surface area (Å²) in [5, 5.41) is 11.0. The Balaban J connectivity index is 2.61. The highest BCUT2D eigenvalue weighted by Gasteiger charge is 2.04. The number of aromatic nitrogens is 1. The van der Waals surface area contributed by atoms with E-state index in [0.717, 1.165) is 5.56 Å². The molecule has 1 aromatic heterocycles. The molecule has 0 fully saturated rings. The van der Waals surface area contributed by atoms with Crippen molar-refractivity contribution in [2.45, 2.75) is 6.92 Å². The number of aryl methyl sites for hydroxylation is 1. The van der Waals surface area contributed by atoms with Gasteiger partial charge in [-0.2, -0.15) is 0 Å². The molecule has 0 atom stereocenters. The Labute approximate surface area is 76.6 Å². The molecule has 0 aliphatic carbocycles. The number of rotatable bonds is 3. The van der Waals surface area contributed by atoms with Crippen molar-refractivity contribution in [1.82, 2.24) is 10.3 Å². The number of amides is 1. The normalized spacial score (nSPS) is 9.69. The minimum Gasteiger partial charge on any atom is -0.395 e. The Morgan fingerprint density at radius 3 is 2.92 bits per heavy atom. The van der Waals surface area contributed by atoms with Crippen LogP contribution in [0, 0.1) is 6.92 Å². The van der Waals surface area contributed by atoms with Crippen LogP contribution in [0.5, 0.6) is 0 Å². The van der Waals surface area contributed by atoms with Gasteiger partial charge in [-0.1, -0.05) is 6.07 Å². The SMILES string of the molecule is Cc1ccc(C(=O)NCCO)nc1. The molecule has 1 aromatic rings. The maximum Gasteiger partial charge on any atom is 0.269 e. The smallest absolute Gasteiger partial charge is 0.269 e. The molecule has 0 radical (unpaired) electrons. The van der Waals surface area contributed by atoms with E-state index in [9.17, 15) is 4.79 Å². The number of hydrogen-bond acceptors (Lipinski definition) is 3. The van der Waals surface area contributed by atoms with E-state index in [0.29, 0.717) is 5.69 Å². The molecular formula is C9H12N2O2. The first-order valence-corrected chi connectivity index (χ1v) is 4.06. The van der Waals surface area contributed by atoms with Crippen molar-refractivity contribution < 1.29 is 9.90 Å². The fraction of sp³-hybridized carbons (Fsp3) is 0.333. The minimum atomic E-state index is -0.256. The largest absolute Gasteiger partial charge is 0.395 e. The first-order chi connectivity index (χ1) is 6.24. The molecule has 0 saturated carbocycles. The lowest BCUT2D eigenvalue weighted by Gasteiger charge is -2.01. The second-order valence-electron chi connectivity index (χ2n) is 2.70. The topological polar surface area (TPSA) is 62.2 Å². The fourth-order valence-corrected chi connectivity index (χ4v) is 0.862. The molecule has 1 rings (SSSR count). The van der Waals surface area contributed by atoms with Gasteiger partial charge in [0.15, 0.2) is 0 Å². The van der Waals surface area contributed by atoms with Gasteiger partial charge >= 0.3 is 0 Å². The molecule has 4 nitrogen and oxygen atoms in total. The molecule has 0 aliphatic heterocycles. The van der Waals surface area contributed by atoms with Gasteiger partial charge in [0.25, 0.3) is 5.91 Å². The van der Waals surface area contributed by atoms with Crippen molar-refractivity contribution in [1.29, 1.82) is 0 Å². The molecule has 70 valence electrons. The molecule has 13 heavy (non-hydrogen) atoms. The summed E-state index contributed by atoms with van der Waals surface area (Å²) in [4.78, 5) is 15.2. The lowest BCUT2D eigenvalue weighted by Crippen LogP contribution is -2.27. The third kappa shape index (κ3) is 2.83. The maximum atomic E-state index is 11.2. The Kier molecular flexibility index (Phi) is 3.40. The van der Waals surface area contributed by atoms with Crippen molar-refractivity contribution in [3.8, 4) is 0 Å². The van der Waals surface area contributed by atoms with Crippen LogP contribution in [-0.4, -0.2) is 29.1 Å². The van der Waals surface area contributed by atoms with E-state index in [-0.39, 0.29) is 19.1 Å². The molecule has 1 heterocycles. The van der Waals surface area contributed by atoms with Crippen LogP contribution < -0.4 is 5.32 Å². The molecule has 0 aromatic carbocycles. The number of carbonyl (C=O) groups is 1. The van der Waals surface area contributed by atoms with Gasteiger partial charge in [0.1, 0.15) is 5.69 Å². The van der Waals surface area contributed by atoms with Gasteiger partial charge in [0.2, 0.25) is 0 Å². The van der Waals surface area contributed by atoms with Gasteiger partial charge in [0, 0.05) is 12.7 Å². The summed E-state index contributed by atoms with van der Waals surface area (Å²) in [7, 11) is 0. The summed E-state index contributed by atoms with van der Waals surface area (Å²) < 4.78 is 0. The highest BCUT2D eigenvalue weighted by molar-refractivity contribution is 5.92. The zero-order valence-electron chi connectivity index (χ0n) is 7.45. The third-order valence-corrected chi connectivity index (χ3v) is 1.54. The Morgan fingerprint density at radius 2 is 2.38 bits per heavy atom. The molecule has 0 saturated heterocycles. The lowest BCUT2D eigenvalue weighted by molar-refractivity contribution is 0.0940. The third-order valence-electron chi connectivity index (χ3n) is 1.54. The fourth-order valence-electron chi connectivity index (χ4n) is 0.862. The van der Waals surface area contributed by atoms with Crippen molar-refractivity contribution in [2.75, 3.05) is 13.2 Å². The van der Waals surface area contributed by atoms with Gasteiger partial charge in [-0.25, -0.2) is 0 Å². The zero-order chi connectivity index (χ0) is 9.68. The van der Waals surface area contributed by atoms with Crippen molar-refractivity contribution in [3.05, 3.63) is 29.6 Å². The van der Waals surface area contributed by atoms with Crippen LogP contribution in [0.15, 0.2) is 18.3 Å². The molecule has 2 N–H and O–H groups in total. The summed E-state index contributed by atoms with van der Waals surface area (Å²) >= 11 is 0. The summed E-state index contributed by atoms with van der Waals surface area (Å²) in [5.41, 5.74) is 1.39. The second-order valence-corrected chi connectivity index (χ2v) is 2.70. The van der Waals surface area contributed by atoms with E-state index in [2.05, 4.69) is 10.3 Å². The standard InChI is InChI=1S/C9H12N2O2/c1-7-2-3-8(11-6-7)9(13)10-4-5-12/h2-3,6,12H,4-5H2,1H3,(H,10,13). The monoisotopic (exact) mass is 180 g/mol. The number of aliphatic hydroxyl groups is 1. The van der Waals surface area contributed by atoms with Gasteiger partial charge < -0.3 is 10.4 Å². The van der Waals surface area contributed by atoms with Crippen LogP contribution in [0.2, 0.25) is 0 Å². The molecular weight excluding hydrogens is 168 g/mol. The van der Waals surface area contributed by atoms with E-state index in [1.165, 1.54) is 0 Å². The lowest BCUT2D eigenvalue weighted by atomic mass is 10.2. The van der Waals surface area contributed by atoms with E-state index in [1.807, 2.05) is 13.0 Å². The number of pyridine rings is 1. The zero-order valence-corrected chi connectivity index (χ0v) is 7.45. The van der Waals surface area contributed by atoms with E-state index in [1.54, 1.807) is 12.3 Å². The minimum absolute atomic E-state index is 0.0579. The van der Waals surface area contributed by atoms with Crippen molar-refractivity contribution >= 4 is 5.91 Å². The Morgan fingerprint density at radius 1 is 1.62 bits per heavy atom. The average molecular weight is 180 g/mol. The van der Waals surface area contributed by atoms with Crippen LogP contribution in [0.25, 0.3) is 0 Å². The highest BCUT2D eigenvalue weighted by Crippen LogP contribution is 1.97. The number of carbonyl (C=O) groups excluding carboxylic acids is 1. The summed E-state index contributed by atoms with van der Waals surface area (Å²) in [6.45, 7) is 2.11. The van der Waals surface area contributed by atoms with Crippen molar-refractivity contribution in [3.63, 3.8) is 0 Å². The predicted molar refractivity (Wildman–Crippen MR) is 48.4 cm³/mol. The van der Waals surface area contributed by atoms with Crippen LogP contribution in [0.4, 0.5) is 0 Å². The Bertz CT molecular complexity index is 282.